The van der Waals surface area contributed by atoms with E-state index in [2.05, 4.69) is 5.10 Å². The van der Waals surface area contributed by atoms with Crippen LogP contribution in [-0.4, -0.2) is 28.0 Å². The summed E-state index contributed by atoms with van der Waals surface area (Å²) in [5, 5.41) is 13.2. The maximum absolute atomic E-state index is 11.0. The number of aryl methyl sites for hydroxylation is 1. The van der Waals surface area contributed by atoms with Crippen LogP contribution in [-0.2, 0) is 13.2 Å². The zero-order valence-corrected chi connectivity index (χ0v) is 11.4. The van der Waals surface area contributed by atoms with Gasteiger partial charge in [-0.1, -0.05) is 12.1 Å². The van der Waals surface area contributed by atoms with Gasteiger partial charge in [-0.3, -0.25) is 4.68 Å². The van der Waals surface area contributed by atoms with Gasteiger partial charge in [0.05, 0.1) is 7.11 Å². The summed E-state index contributed by atoms with van der Waals surface area (Å²) >= 11 is 0. The quantitative estimate of drug-likeness (QED) is 0.875. The molecular weight excluding hydrogens is 260 g/mol. The smallest absolute Gasteiger partial charge is 0.354 e. The molecule has 1 heterocycles. The molecule has 0 aliphatic heterocycles. The Morgan fingerprint density at radius 3 is 2.60 bits per heavy atom. The third-order valence-corrected chi connectivity index (χ3v) is 2.79. The van der Waals surface area contributed by atoms with Crippen molar-refractivity contribution in [1.82, 2.24) is 9.78 Å². The van der Waals surface area contributed by atoms with Gasteiger partial charge in [0.15, 0.2) is 11.5 Å². The van der Waals surface area contributed by atoms with Gasteiger partial charge in [-0.25, -0.2) is 4.79 Å². The van der Waals surface area contributed by atoms with E-state index in [9.17, 15) is 4.79 Å². The Kier molecular flexibility index (Phi) is 4.24. The number of nitrogens with zero attached hydrogens (tertiary/aromatic N) is 2. The largest absolute Gasteiger partial charge is 0.493 e. The molecule has 2 aromatic rings. The summed E-state index contributed by atoms with van der Waals surface area (Å²) in [6, 6.07) is 8.78. The molecule has 0 saturated heterocycles. The summed E-state index contributed by atoms with van der Waals surface area (Å²) in [5.41, 5.74) is 0.723. The molecule has 0 unspecified atom stereocenters. The zero-order valence-electron chi connectivity index (χ0n) is 11.4. The maximum Gasteiger partial charge on any atom is 0.354 e. The molecule has 0 aliphatic rings. The van der Waals surface area contributed by atoms with E-state index in [0.29, 0.717) is 23.7 Å². The summed E-state index contributed by atoms with van der Waals surface area (Å²) in [6.45, 7) is 2.52. The predicted octanol–water partition coefficient (Wildman–Crippen LogP) is 2.19. The molecule has 0 spiro atoms. The van der Waals surface area contributed by atoms with E-state index in [0.717, 1.165) is 0 Å². The van der Waals surface area contributed by atoms with Crippen LogP contribution < -0.4 is 9.47 Å². The highest BCUT2D eigenvalue weighted by Gasteiger charge is 2.13. The standard InChI is InChI=1S/C14H16N2O4/c1-3-16-11(14(17)18)8-10(15-16)9-20-13-7-5-4-6-12(13)19-2/h4-8H,3,9H2,1-2H3,(H,17,18). The van der Waals surface area contributed by atoms with Crippen LogP contribution in [0, 0.1) is 0 Å². The third kappa shape index (κ3) is 2.90. The van der Waals surface area contributed by atoms with Crippen molar-refractivity contribution in [1.29, 1.82) is 0 Å². The first-order valence-corrected chi connectivity index (χ1v) is 6.21. The number of aromatic nitrogens is 2. The first-order chi connectivity index (χ1) is 9.65. The van der Waals surface area contributed by atoms with Crippen LogP contribution >= 0.6 is 0 Å². The minimum Gasteiger partial charge on any atom is -0.493 e. The van der Waals surface area contributed by atoms with Gasteiger partial charge < -0.3 is 14.6 Å². The highest BCUT2D eigenvalue weighted by molar-refractivity contribution is 5.85. The molecule has 0 amide bonds. The van der Waals surface area contributed by atoms with Crippen molar-refractivity contribution in [2.45, 2.75) is 20.1 Å². The summed E-state index contributed by atoms with van der Waals surface area (Å²) < 4.78 is 12.2. The van der Waals surface area contributed by atoms with Crippen LogP contribution in [0.1, 0.15) is 23.1 Å². The van der Waals surface area contributed by atoms with E-state index >= 15 is 0 Å². The average molecular weight is 276 g/mol. The number of ether oxygens (including phenoxy) is 2. The van der Waals surface area contributed by atoms with Crippen LogP contribution in [0.5, 0.6) is 11.5 Å². The molecule has 6 heteroatoms. The lowest BCUT2D eigenvalue weighted by Crippen LogP contribution is -2.08. The highest BCUT2D eigenvalue weighted by Crippen LogP contribution is 2.26. The first-order valence-electron chi connectivity index (χ1n) is 6.21. The fourth-order valence-electron chi connectivity index (χ4n) is 1.84. The molecule has 0 bridgehead atoms. The van der Waals surface area contributed by atoms with Crippen LogP contribution in [0.15, 0.2) is 30.3 Å². The maximum atomic E-state index is 11.0. The molecule has 106 valence electrons. The van der Waals surface area contributed by atoms with E-state index in [1.54, 1.807) is 19.2 Å². The number of hydrogen-bond donors (Lipinski definition) is 1. The molecule has 6 nitrogen and oxygen atoms in total. The summed E-state index contributed by atoms with van der Waals surface area (Å²) in [4.78, 5) is 11.0. The molecule has 1 aromatic heterocycles. The molecule has 0 aliphatic carbocycles. The van der Waals surface area contributed by atoms with Crippen molar-refractivity contribution in [2.24, 2.45) is 0 Å². The van der Waals surface area contributed by atoms with E-state index in [1.807, 2.05) is 19.1 Å². The Bertz CT molecular complexity index is 607. The first kappa shape index (κ1) is 13.9. The normalized spacial score (nSPS) is 10.3. The lowest BCUT2D eigenvalue weighted by atomic mass is 10.3. The molecule has 20 heavy (non-hydrogen) atoms. The minimum atomic E-state index is -0.997. The number of hydrogen-bond acceptors (Lipinski definition) is 4. The highest BCUT2D eigenvalue weighted by atomic mass is 16.5. The monoisotopic (exact) mass is 276 g/mol. The van der Waals surface area contributed by atoms with Crippen molar-refractivity contribution in [3.05, 3.63) is 41.7 Å². The zero-order chi connectivity index (χ0) is 14.5. The summed E-state index contributed by atoms with van der Waals surface area (Å²) in [6.07, 6.45) is 0. The van der Waals surface area contributed by atoms with Crippen LogP contribution in [0.2, 0.25) is 0 Å². The Labute approximate surface area is 116 Å². The number of carbonyl (C=O) groups is 1. The van der Waals surface area contributed by atoms with Gasteiger partial charge in [0.1, 0.15) is 18.0 Å². The topological polar surface area (TPSA) is 73.6 Å². The molecule has 1 aromatic carbocycles. The fourth-order valence-corrected chi connectivity index (χ4v) is 1.84. The van der Waals surface area contributed by atoms with Gasteiger partial charge in [-0.05, 0) is 25.1 Å². The van der Waals surface area contributed by atoms with E-state index < -0.39 is 5.97 Å². The Balaban J connectivity index is 2.13. The predicted molar refractivity (Wildman–Crippen MR) is 72.2 cm³/mol. The molecule has 2 rings (SSSR count). The second kappa shape index (κ2) is 6.10. The van der Waals surface area contributed by atoms with Crippen LogP contribution in [0.3, 0.4) is 0 Å². The van der Waals surface area contributed by atoms with E-state index in [4.69, 9.17) is 14.6 Å². The van der Waals surface area contributed by atoms with E-state index in [-0.39, 0.29) is 12.3 Å². The van der Waals surface area contributed by atoms with Gasteiger partial charge in [-0.2, -0.15) is 5.10 Å². The number of para-hydroxylation sites is 2. The average Bonchev–Trinajstić information content (AvgIpc) is 2.89. The number of rotatable bonds is 6. The molecule has 0 radical (unpaired) electrons. The Morgan fingerprint density at radius 2 is 2.05 bits per heavy atom. The Morgan fingerprint density at radius 1 is 1.35 bits per heavy atom. The fraction of sp³-hybridized carbons (Fsp3) is 0.286. The number of aromatic carboxylic acids is 1. The lowest BCUT2D eigenvalue weighted by Gasteiger charge is -2.08. The lowest BCUT2D eigenvalue weighted by molar-refractivity contribution is 0.0683. The SMILES string of the molecule is CCn1nc(COc2ccccc2OC)cc1C(=O)O. The van der Waals surface area contributed by atoms with Gasteiger partial charge in [-0.15, -0.1) is 0 Å². The summed E-state index contributed by atoms with van der Waals surface area (Å²) in [5.74, 6) is 0.224. The van der Waals surface area contributed by atoms with Gasteiger partial charge >= 0.3 is 5.97 Å². The van der Waals surface area contributed by atoms with Gasteiger partial charge in [0.2, 0.25) is 0 Å². The van der Waals surface area contributed by atoms with Gasteiger partial charge in [0.25, 0.3) is 0 Å². The number of carboxylic acid groups (broad SMARTS) is 1. The molecular formula is C14H16N2O4. The number of methoxy groups -OCH3 is 1. The van der Waals surface area contributed by atoms with Crippen molar-refractivity contribution < 1.29 is 19.4 Å². The molecule has 1 N–H and O–H groups in total. The number of benzene rings is 1. The van der Waals surface area contributed by atoms with Crippen LogP contribution in [0.25, 0.3) is 0 Å². The number of carboxylic acids is 1. The van der Waals surface area contributed by atoms with Crippen molar-refractivity contribution in [2.75, 3.05) is 7.11 Å². The second-order valence-electron chi connectivity index (χ2n) is 4.08. The molecule has 0 atom stereocenters. The van der Waals surface area contributed by atoms with Crippen LogP contribution in [0.4, 0.5) is 0 Å². The van der Waals surface area contributed by atoms with E-state index in [1.165, 1.54) is 10.7 Å². The second-order valence-corrected chi connectivity index (χ2v) is 4.08. The summed E-state index contributed by atoms with van der Waals surface area (Å²) in [7, 11) is 1.57. The minimum absolute atomic E-state index is 0.158. The molecule has 0 saturated carbocycles. The molecule has 0 fully saturated rings. The Hall–Kier alpha value is -2.50. The van der Waals surface area contributed by atoms with Gasteiger partial charge in [0, 0.05) is 6.54 Å². The van der Waals surface area contributed by atoms with Crippen molar-refractivity contribution in [3.63, 3.8) is 0 Å². The van der Waals surface area contributed by atoms with Crippen molar-refractivity contribution >= 4 is 5.97 Å². The van der Waals surface area contributed by atoms with Crippen molar-refractivity contribution in [3.8, 4) is 11.5 Å². The third-order valence-electron chi connectivity index (χ3n) is 2.79.